The average Bonchev–Trinajstić information content (AvgIpc) is 2.76. The van der Waals surface area contributed by atoms with E-state index in [-0.39, 0.29) is 16.4 Å². The van der Waals surface area contributed by atoms with Crippen LogP contribution in [0.1, 0.15) is 46.5 Å². The Morgan fingerprint density at radius 2 is 2.12 bits per heavy atom. The van der Waals surface area contributed by atoms with Crippen LogP contribution in [0.15, 0.2) is 11.8 Å². The van der Waals surface area contributed by atoms with Gasteiger partial charge in [-0.15, -0.1) is 0 Å². The van der Waals surface area contributed by atoms with Gasteiger partial charge in [0.15, 0.2) is 0 Å². The zero-order chi connectivity index (χ0) is 19.5. The highest BCUT2D eigenvalue weighted by atomic mass is 32.2. The van der Waals surface area contributed by atoms with Gasteiger partial charge in [0.05, 0.1) is 0 Å². The van der Waals surface area contributed by atoms with E-state index in [0.29, 0.717) is 18.2 Å². The standard InChI is InChI=1S/C19H29N3O3S/c1-18(2)7-14-8-19(3,11-18)12-22(14)10-13(9-20)16(23)21-15(17(24)25)5-6-26-4/h10,14-15H,5-8,11-12H2,1-4H3,(H,21,23)(H,24,25)/b13-10-. The zero-order valence-corrected chi connectivity index (χ0v) is 16.9. The number of hydrogen-bond donors (Lipinski definition) is 2. The van der Waals surface area contributed by atoms with Crippen molar-refractivity contribution in [3.8, 4) is 6.07 Å². The molecule has 26 heavy (non-hydrogen) atoms. The smallest absolute Gasteiger partial charge is 0.326 e. The topological polar surface area (TPSA) is 93.4 Å². The Balaban J connectivity index is 2.11. The van der Waals surface area contributed by atoms with Crippen LogP contribution >= 0.6 is 11.8 Å². The third-order valence-electron chi connectivity index (χ3n) is 5.33. The summed E-state index contributed by atoms with van der Waals surface area (Å²) in [6, 6.07) is 1.31. The fraction of sp³-hybridized carbons (Fsp3) is 0.737. The van der Waals surface area contributed by atoms with Gasteiger partial charge in [0, 0.05) is 18.8 Å². The van der Waals surface area contributed by atoms with Crippen molar-refractivity contribution >= 4 is 23.6 Å². The molecule has 2 aliphatic rings. The molecule has 1 aliphatic carbocycles. The monoisotopic (exact) mass is 379 g/mol. The lowest BCUT2D eigenvalue weighted by molar-refractivity contribution is -0.141. The minimum atomic E-state index is -1.07. The molecule has 0 spiro atoms. The summed E-state index contributed by atoms with van der Waals surface area (Å²) in [7, 11) is 0. The molecule has 2 rings (SSSR count). The quantitative estimate of drug-likeness (QED) is 0.522. The lowest BCUT2D eigenvalue weighted by Crippen LogP contribution is -2.42. The van der Waals surface area contributed by atoms with E-state index < -0.39 is 17.9 Å². The molecule has 6 nitrogen and oxygen atoms in total. The van der Waals surface area contributed by atoms with E-state index in [1.54, 1.807) is 6.20 Å². The molecule has 0 aromatic carbocycles. The Bertz CT molecular complexity index is 640. The van der Waals surface area contributed by atoms with Crippen LogP contribution in [0, 0.1) is 22.2 Å². The van der Waals surface area contributed by atoms with Gasteiger partial charge in [0.25, 0.3) is 5.91 Å². The minimum absolute atomic E-state index is 0.0191. The van der Waals surface area contributed by atoms with Crippen LogP contribution in [0.3, 0.4) is 0 Å². The van der Waals surface area contributed by atoms with Gasteiger partial charge in [-0.25, -0.2) is 4.79 Å². The lowest BCUT2D eigenvalue weighted by Gasteiger charge is -2.39. The second-order valence-electron chi connectivity index (χ2n) is 8.69. The van der Waals surface area contributed by atoms with Crippen LogP contribution in [0.5, 0.6) is 0 Å². The maximum Gasteiger partial charge on any atom is 0.326 e. The molecule has 1 saturated carbocycles. The number of aliphatic carboxylic acids is 1. The van der Waals surface area contributed by atoms with Crippen LogP contribution in [-0.2, 0) is 9.59 Å². The van der Waals surface area contributed by atoms with Gasteiger partial charge in [-0.3, -0.25) is 4.79 Å². The molecule has 2 bridgehead atoms. The van der Waals surface area contributed by atoms with Gasteiger partial charge in [-0.2, -0.15) is 17.0 Å². The Kier molecular flexibility index (Phi) is 6.28. The second-order valence-corrected chi connectivity index (χ2v) is 9.67. The molecule has 0 aromatic rings. The summed E-state index contributed by atoms with van der Waals surface area (Å²) in [6.45, 7) is 7.63. The highest BCUT2D eigenvalue weighted by Gasteiger charge is 2.49. The van der Waals surface area contributed by atoms with Crippen molar-refractivity contribution in [2.24, 2.45) is 10.8 Å². The van der Waals surface area contributed by atoms with Crippen LogP contribution in [0.2, 0.25) is 0 Å². The molecule has 1 saturated heterocycles. The van der Waals surface area contributed by atoms with Gasteiger partial charge in [0.1, 0.15) is 17.7 Å². The highest BCUT2D eigenvalue weighted by Crippen LogP contribution is 2.52. The first-order valence-corrected chi connectivity index (χ1v) is 10.4. The summed E-state index contributed by atoms with van der Waals surface area (Å²) in [4.78, 5) is 25.9. The molecule has 0 aromatic heterocycles. The number of nitrogens with one attached hydrogen (secondary N) is 1. The molecule has 0 radical (unpaired) electrons. The molecule has 144 valence electrons. The Morgan fingerprint density at radius 1 is 1.42 bits per heavy atom. The van der Waals surface area contributed by atoms with E-state index in [1.165, 1.54) is 11.8 Å². The normalized spacial score (nSPS) is 28.3. The number of rotatable bonds is 7. The molecule has 2 N–H and O–H groups in total. The maximum atomic E-state index is 12.4. The third-order valence-corrected chi connectivity index (χ3v) is 5.97. The van der Waals surface area contributed by atoms with Crippen molar-refractivity contribution in [1.29, 1.82) is 5.26 Å². The van der Waals surface area contributed by atoms with Gasteiger partial charge >= 0.3 is 5.97 Å². The largest absolute Gasteiger partial charge is 0.480 e. The van der Waals surface area contributed by atoms with Crippen molar-refractivity contribution in [3.05, 3.63) is 11.8 Å². The first-order valence-electron chi connectivity index (χ1n) is 8.99. The molecule has 1 aliphatic heterocycles. The number of carbonyl (C=O) groups is 2. The number of carboxylic acids is 1. The van der Waals surface area contributed by atoms with E-state index in [2.05, 4.69) is 31.0 Å². The zero-order valence-electron chi connectivity index (χ0n) is 16.0. The van der Waals surface area contributed by atoms with Gasteiger partial charge in [0.2, 0.25) is 0 Å². The van der Waals surface area contributed by atoms with E-state index in [4.69, 9.17) is 0 Å². The van der Waals surface area contributed by atoms with Crippen molar-refractivity contribution < 1.29 is 14.7 Å². The summed E-state index contributed by atoms with van der Waals surface area (Å²) >= 11 is 1.52. The highest BCUT2D eigenvalue weighted by molar-refractivity contribution is 7.98. The molecular weight excluding hydrogens is 350 g/mol. The number of amides is 1. The van der Waals surface area contributed by atoms with Crippen molar-refractivity contribution in [2.45, 2.75) is 58.5 Å². The summed E-state index contributed by atoms with van der Waals surface area (Å²) in [5.41, 5.74) is 0.429. The number of carbonyl (C=O) groups excluding carboxylic acids is 1. The molecular formula is C19H29N3O3S. The molecule has 3 atom stereocenters. The third kappa shape index (κ3) is 4.94. The molecule has 3 unspecified atom stereocenters. The van der Waals surface area contributed by atoms with Crippen molar-refractivity contribution in [1.82, 2.24) is 10.2 Å². The molecule has 1 heterocycles. The number of likely N-dealkylation sites (tertiary alicyclic amines) is 1. The summed E-state index contributed by atoms with van der Waals surface area (Å²) in [6.07, 6.45) is 7.09. The van der Waals surface area contributed by atoms with Gasteiger partial charge < -0.3 is 15.3 Å². The predicted octanol–water partition coefficient (Wildman–Crippen LogP) is 2.62. The van der Waals surface area contributed by atoms with Crippen molar-refractivity contribution in [3.63, 3.8) is 0 Å². The SMILES string of the molecule is CSCCC(NC(=O)/C(C#N)=C\N1CC2(C)CC1CC(C)(C)C2)C(=O)O. The number of hydrogen-bond acceptors (Lipinski definition) is 5. The number of nitriles is 1. The summed E-state index contributed by atoms with van der Waals surface area (Å²) in [5.74, 6) is -1.05. The lowest BCUT2D eigenvalue weighted by atomic mass is 9.65. The van der Waals surface area contributed by atoms with E-state index >= 15 is 0 Å². The fourth-order valence-electron chi connectivity index (χ4n) is 4.69. The number of thioether (sulfide) groups is 1. The average molecular weight is 380 g/mol. The molecule has 7 heteroatoms. The van der Waals surface area contributed by atoms with Crippen LogP contribution in [-0.4, -0.2) is 52.5 Å². The number of fused-ring (bicyclic) bond motifs is 2. The van der Waals surface area contributed by atoms with Crippen LogP contribution in [0.4, 0.5) is 0 Å². The van der Waals surface area contributed by atoms with Crippen LogP contribution in [0.25, 0.3) is 0 Å². The fourth-order valence-corrected chi connectivity index (χ4v) is 5.16. The predicted molar refractivity (Wildman–Crippen MR) is 102 cm³/mol. The first kappa shape index (κ1) is 20.6. The van der Waals surface area contributed by atoms with Gasteiger partial charge in [-0.05, 0) is 48.5 Å². The number of nitrogens with zero attached hydrogens (tertiary/aromatic N) is 2. The summed E-state index contributed by atoms with van der Waals surface area (Å²) < 4.78 is 0. The Morgan fingerprint density at radius 3 is 2.69 bits per heavy atom. The number of carboxylic acid groups (broad SMARTS) is 1. The Labute approximate surface area is 160 Å². The van der Waals surface area contributed by atoms with E-state index in [1.807, 2.05) is 12.3 Å². The minimum Gasteiger partial charge on any atom is -0.480 e. The van der Waals surface area contributed by atoms with Crippen LogP contribution < -0.4 is 5.32 Å². The van der Waals surface area contributed by atoms with E-state index in [0.717, 1.165) is 25.8 Å². The second kappa shape index (κ2) is 7.91. The van der Waals surface area contributed by atoms with Crippen molar-refractivity contribution in [2.75, 3.05) is 18.6 Å². The van der Waals surface area contributed by atoms with E-state index in [9.17, 15) is 20.0 Å². The maximum absolute atomic E-state index is 12.4. The van der Waals surface area contributed by atoms with Gasteiger partial charge in [-0.1, -0.05) is 20.8 Å². The summed E-state index contributed by atoms with van der Waals surface area (Å²) in [5, 5.41) is 21.2. The first-order chi connectivity index (χ1) is 12.1. The molecule has 2 fully saturated rings. The molecule has 1 amide bonds. The Hall–Kier alpha value is -1.68.